The number of nitrogens with one attached hydrogen (secondary N) is 1. The highest BCUT2D eigenvalue weighted by molar-refractivity contribution is 5.72. The lowest BCUT2D eigenvalue weighted by atomic mass is 9.97. The van der Waals surface area contributed by atoms with Gasteiger partial charge in [0.2, 0.25) is 5.91 Å². The summed E-state index contributed by atoms with van der Waals surface area (Å²) in [7, 11) is 0. The largest absolute Gasteiger partial charge is 0.464 e. The van der Waals surface area contributed by atoms with Gasteiger partial charge in [-0.15, -0.1) is 0 Å². The number of nitrogens with zero attached hydrogens (tertiary/aromatic N) is 1. The molecule has 0 bridgehead atoms. The Morgan fingerprint density at radius 2 is 2.00 bits per heavy atom. The number of amides is 1. The fraction of sp³-hybridized carbons (Fsp3) is 0.857. The quantitative estimate of drug-likeness (QED) is 0.517. The molecule has 0 aromatic carbocycles. The monoisotopic (exact) mass is 286 g/mol. The van der Waals surface area contributed by atoms with Gasteiger partial charge >= 0.3 is 5.97 Å². The number of carbonyl (C=O) groups is 2. The van der Waals surface area contributed by atoms with Crippen LogP contribution in [0.2, 0.25) is 0 Å². The van der Waals surface area contributed by atoms with Crippen molar-refractivity contribution in [1.29, 1.82) is 0 Å². The molecule has 1 rings (SSSR count). The van der Waals surface area contributed by atoms with Crippen molar-refractivity contribution in [2.75, 3.05) is 46.0 Å². The Labute approximate surface area is 120 Å². The first-order valence-electron chi connectivity index (χ1n) is 7.32. The number of piperidine rings is 1. The van der Waals surface area contributed by atoms with E-state index in [0.717, 1.165) is 39.0 Å². The molecule has 1 aliphatic rings. The second-order valence-electron chi connectivity index (χ2n) is 5.08. The molecule has 1 amide bonds. The van der Waals surface area contributed by atoms with Crippen molar-refractivity contribution < 1.29 is 19.1 Å². The summed E-state index contributed by atoms with van der Waals surface area (Å²) in [6.45, 7) is 7.97. The van der Waals surface area contributed by atoms with Crippen LogP contribution in [0.4, 0.5) is 0 Å². The summed E-state index contributed by atoms with van der Waals surface area (Å²) in [5.41, 5.74) is 0. The van der Waals surface area contributed by atoms with Gasteiger partial charge in [-0.2, -0.15) is 0 Å². The number of esters is 1. The third-order valence-corrected chi connectivity index (χ3v) is 3.42. The van der Waals surface area contributed by atoms with Gasteiger partial charge in [-0.3, -0.25) is 4.79 Å². The highest BCUT2D eigenvalue weighted by atomic mass is 16.6. The lowest BCUT2D eigenvalue weighted by Gasteiger charge is -2.31. The zero-order chi connectivity index (χ0) is 14.8. The van der Waals surface area contributed by atoms with Crippen molar-refractivity contribution in [1.82, 2.24) is 10.2 Å². The molecule has 0 aromatic heterocycles. The number of carbonyl (C=O) groups excluding carboxylic acids is 2. The Morgan fingerprint density at radius 1 is 1.30 bits per heavy atom. The van der Waals surface area contributed by atoms with Gasteiger partial charge in [-0.1, -0.05) is 0 Å². The van der Waals surface area contributed by atoms with E-state index in [4.69, 9.17) is 9.47 Å². The van der Waals surface area contributed by atoms with Crippen LogP contribution in [-0.2, 0) is 19.1 Å². The summed E-state index contributed by atoms with van der Waals surface area (Å²) in [4.78, 5) is 24.2. The van der Waals surface area contributed by atoms with Crippen LogP contribution in [0.3, 0.4) is 0 Å². The van der Waals surface area contributed by atoms with Crippen molar-refractivity contribution in [3.8, 4) is 0 Å². The Hall–Kier alpha value is -1.14. The average Bonchev–Trinajstić information content (AvgIpc) is 2.43. The van der Waals surface area contributed by atoms with Crippen LogP contribution < -0.4 is 5.32 Å². The Balaban J connectivity index is 2.02. The van der Waals surface area contributed by atoms with Crippen LogP contribution in [0.1, 0.15) is 26.7 Å². The predicted molar refractivity (Wildman–Crippen MR) is 75.3 cm³/mol. The first kappa shape index (κ1) is 16.9. The Morgan fingerprint density at radius 3 is 2.60 bits per heavy atom. The van der Waals surface area contributed by atoms with Crippen LogP contribution in [0.5, 0.6) is 0 Å². The molecule has 0 aliphatic carbocycles. The number of hydrogen-bond acceptors (Lipinski definition) is 5. The van der Waals surface area contributed by atoms with Crippen LogP contribution in [0, 0.1) is 5.92 Å². The SMILES string of the molecule is CCOC(=O)COCCN1CCC(CNC(C)=O)CC1. The van der Waals surface area contributed by atoms with Crippen molar-refractivity contribution in [2.24, 2.45) is 5.92 Å². The van der Waals surface area contributed by atoms with Gasteiger partial charge in [-0.25, -0.2) is 4.79 Å². The van der Waals surface area contributed by atoms with Gasteiger partial charge in [0.15, 0.2) is 0 Å². The maximum Gasteiger partial charge on any atom is 0.332 e. The number of rotatable bonds is 8. The maximum absolute atomic E-state index is 11.1. The molecule has 6 heteroatoms. The maximum atomic E-state index is 11.1. The third-order valence-electron chi connectivity index (χ3n) is 3.42. The summed E-state index contributed by atoms with van der Waals surface area (Å²) in [6.07, 6.45) is 2.19. The first-order valence-corrected chi connectivity index (χ1v) is 7.32. The van der Waals surface area contributed by atoms with E-state index in [0.29, 0.717) is 19.1 Å². The molecule has 1 saturated heterocycles. The molecule has 1 fully saturated rings. The zero-order valence-corrected chi connectivity index (χ0v) is 12.5. The minimum atomic E-state index is -0.304. The molecular weight excluding hydrogens is 260 g/mol. The van der Waals surface area contributed by atoms with Crippen LogP contribution in [-0.4, -0.2) is 62.8 Å². The van der Waals surface area contributed by atoms with Gasteiger partial charge in [0, 0.05) is 20.0 Å². The molecule has 116 valence electrons. The molecule has 6 nitrogen and oxygen atoms in total. The topological polar surface area (TPSA) is 67.9 Å². The lowest BCUT2D eigenvalue weighted by molar-refractivity contribution is -0.148. The molecule has 20 heavy (non-hydrogen) atoms. The summed E-state index contributed by atoms with van der Waals surface area (Å²) >= 11 is 0. The van der Waals surface area contributed by atoms with E-state index in [1.807, 2.05) is 0 Å². The van der Waals surface area contributed by atoms with E-state index >= 15 is 0 Å². The molecule has 0 aromatic rings. The normalized spacial score (nSPS) is 16.9. The molecule has 0 saturated carbocycles. The minimum absolute atomic E-state index is 0.0346. The number of likely N-dealkylation sites (tertiary alicyclic amines) is 1. The second kappa shape index (κ2) is 9.72. The molecule has 0 atom stereocenters. The summed E-state index contributed by atoms with van der Waals surface area (Å²) < 4.78 is 10.1. The fourth-order valence-electron chi connectivity index (χ4n) is 2.25. The van der Waals surface area contributed by atoms with E-state index in [1.165, 1.54) is 0 Å². The standard InChI is InChI=1S/C14H26N2O4/c1-3-20-14(18)11-19-9-8-16-6-4-13(5-7-16)10-15-12(2)17/h13H,3-11H2,1-2H3,(H,15,17). The second-order valence-corrected chi connectivity index (χ2v) is 5.08. The Bertz CT molecular complexity index is 302. The van der Waals surface area contributed by atoms with E-state index in [9.17, 15) is 9.59 Å². The molecule has 1 heterocycles. The molecule has 0 unspecified atom stereocenters. The van der Waals surface area contributed by atoms with Gasteiger partial charge in [-0.05, 0) is 38.8 Å². The molecule has 1 aliphatic heterocycles. The highest BCUT2D eigenvalue weighted by Gasteiger charge is 2.18. The summed E-state index contributed by atoms with van der Waals surface area (Å²) in [5.74, 6) is 0.317. The summed E-state index contributed by atoms with van der Waals surface area (Å²) in [5, 5.41) is 2.87. The van der Waals surface area contributed by atoms with Gasteiger partial charge in [0.05, 0.1) is 13.2 Å². The minimum Gasteiger partial charge on any atom is -0.464 e. The average molecular weight is 286 g/mol. The zero-order valence-electron chi connectivity index (χ0n) is 12.5. The van der Waals surface area contributed by atoms with Crippen LogP contribution >= 0.6 is 0 Å². The van der Waals surface area contributed by atoms with Gasteiger partial charge < -0.3 is 19.7 Å². The van der Waals surface area contributed by atoms with E-state index in [1.54, 1.807) is 13.8 Å². The highest BCUT2D eigenvalue weighted by Crippen LogP contribution is 2.15. The van der Waals surface area contributed by atoms with E-state index < -0.39 is 0 Å². The van der Waals surface area contributed by atoms with Gasteiger partial charge in [0.1, 0.15) is 6.61 Å². The van der Waals surface area contributed by atoms with Crippen molar-refractivity contribution in [3.63, 3.8) is 0 Å². The number of hydrogen-bond donors (Lipinski definition) is 1. The third kappa shape index (κ3) is 7.45. The van der Waals surface area contributed by atoms with Gasteiger partial charge in [0.25, 0.3) is 0 Å². The lowest BCUT2D eigenvalue weighted by Crippen LogP contribution is -2.39. The Kier molecular flexibility index (Phi) is 8.22. The predicted octanol–water partition coefficient (Wildman–Crippen LogP) is 0.414. The molecular formula is C14H26N2O4. The fourth-order valence-corrected chi connectivity index (χ4v) is 2.25. The molecule has 1 N–H and O–H groups in total. The van der Waals surface area contributed by atoms with E-state index in [2.05, 4.69) is 10.2 Å². The summed E-state index contributed by atoms with van der Waals surface area (Å²) in [6, 6.07) is 0. The smallest absolute Gasteiger partial charge is 0.332 e. The number of ether oxygens (including phenoxy) is 2. The molecule has 0 spiro atoms. The van der Waals surface area contributed by atoms with Crippen molar-refractivity contribution in [3.05, 3.63) is 0 Å². The van der Waals surface area contributed by atoms with Crippen LogP contribution in [0.25, 0.3) is 0 Å². The molecule has 0 radical (unpaired) electrons. The van der Waals surface area contributed by atoms with E-state index in [-0.39, 0.29) is 18.5 Å². The van der Waals surface area contributed by atoms with Crippen molar-refractivity contribution in [2.45, 2.75) is 26.7 Å². The first-order chi connectivity index (χ1) is 9.61. The van der Waals surface area contributed by atoms with Crippen LogP contribution in [0.15, 0.2) is 0 Å². The van der Waals surface area contributed by atoms with Crippen molar-refractivity contribution >= 4 is 11.9 Å².